The zero-order valence-electron chi connectivity index (χ0n) is 15.7. The Labute approximate surface area is 149 Å². The quantitative estimate of drug-likeness (QED) is 0.831. The zero-order valence-corrected chi connectivity index (χ0v) is 15.7. The highest BCUT2D eigenvalue weighted by atomic mass is 16.5. The van der Waals surface area contributed by atoms with E-state index in [1.807, 2.05) is 13.8 Å². The Morgan fingerprint density at radius 2 is 1.76 bits per heavy atom. The molecule has 2 fully saturated rings. The predicted molar refractivity (Wildman–Crippen MR) is 95.9 cm³/mol. The fraction of sp³-hybridized carbons (Fsp3) is 0.684. The number of carbonyl (C=O) groups is 2. The number of methoxy groups -OCH3 is 1. The molecular formula is C19H29N3O3. The van der Waals surface area contributed by atoms with Crippen molar-refractivity contribution in [3.05, 3.63) is 22.5 Å². The summed E-state index contributed by atoms with van der Waals surface area (Å²) in [7, 11) is 1.37. The van der Waals surface area contributed by atoms with Gasteiger partial charge in [0.15, 0.2) is 0 Å². The molecular weight excluding hydrogens is 318 g/mol. The predicted octanol–water partition coefficient (Wildman–Crippen LogP) is 2.51. The van der Waals surface area contributed by atoms with Gasteiger partial charge in [0.1, 0.15) is 5.69 Å². The van der Waals surface area contributed by atoms with Gasteiger partial charge in [-0.15, -0.1) is 0 Å². The number of amides is 1. The summed E-state index contributed by atoms with van der Waals surface area (Å²) >= 11 is 0. The van der Waals surface area contributed by atoms with Crippen LogP contribution in [0.15, 0.2) is 0 Å². The summed E-state index contributed by atoms with van der Waals surface area (Å²) in [5.74, 6) is -0.354. The lowest BCUT2D eigenvalue weighted by atomic mass is 10.0. The maximum Gasteiger partial charge on any atom is 0.339 e. The molecule has 0 bridgehead atoms. The van der Waals surface area contributed by atoms with Crippen molar-refractivity contribution in [2.75, 3.05) is 26.7 Å². The van der Waals surface area contributed by atoms with Crippen molar-refractivity contribution < 1.29 is 14.3 Å². The number of likely N-dealkylation sites (tertiary alicyclic amines) is 1. The molecule has 0 unspecified atom stereocenters. The Kier molecular flexibility index (Phi) is 5.18. The lowest BCUT2D eigenvalue weighted by Crippen LogP contribution is -2.48. The average Bonchev–Trinajstić information content (AvgIpc) is 3.40. The molecule has 2 aliphatic rings. The lowest BCUT2D eigenvalue weighted by Gasteiger charge is -2.38. The van der Waals surface area contributed by atoms with Gasteiger partial charge in [0.05, 0.1) is 12.7 Å². The number of H-pyrrole nitrogens is 1. The van der Waals surface area contributed by atoms with Crippen LogP contribution in [0.1, 0.15) is 64.7 Å². The second-order valence-electron chi connectivity index (χ2n) is 7.23. The van der Waals surface area contributed by atoms with Crippen LogP contribution in [0.2, 0.25) is 0 Å². The Morgan fingerprint density at radius 1 is 1.16 bits per heavy atom. The van der Waals surface area contributed by atoms with E-state index in [2.05, 4.69) is 21.7 Å². The normalized spacial score (nSPS) is 19.0. The molecule has 0 spiro atoms. The number of esters is 1. The minimum atomic E-state index is -0.389. The maximum absolute atomic E-state index is 13.3. The van der Waals surface area contributed by atoms with E-state index in [-0.39, 0.29) is 11.9 Å². The van der Waals surface area contributed by atoms with Crippen molar-refractivity contribution in [3.63, 3.8) is 0 Å². The molecule has 2 heterocycles. The molecule has 0 aromatic carbocycles. The summed E-state index contributed by atoms with van der Waals surface area (Å²) in [5, 5.41) is 0. The van der Waals surface area contributed by atoms with E-state index in [0.29, 0.717) is 34.6 Å². The summed E-state index contributed by atoms with van der Waals surface area (Å²) in [6.45, 7) is 9.00. The van der Waals surface area contributed by atoms with Crippen molar-refractivity contribution >= 4 is 11.9 Å². The van der Waals surface area contributed by atoms with E-state index < -0.39 is 0 Å². The topological polar surface area (TPSA) is 65.6 Å². The van der Waals surface area contributed by atoms with Crippen molar-refractivity contribution in [1.29, 1.82) is 0 Å². The number of ether oxygens (including phenoxy) is 1. The number of hydrogen-bond donors (Lipinski definition) is 1. The van der Waals surface area contributed by atoms with E-state index in [1.54, 1.807) is 0 Å². The molecule has 138 valence electrons. The van der Waals surface area contributed by atoms with Gasteiger partial charge in [0, 0.05) is 30.9 Å². The summed E-state index contributed by atoms with van der Waals surface area (Å²) in [4.78, 5) is 33.0. The number of nitrogens with zero attached hydrogens (tertiary/aromatic N) is 2. The fourth-order valence-corrected chi connectivity index (χ4v) is 4.00. The molecule has 1 amide bonds. The standard InChI is InChI=1S/C19H29N3O3/c1-5-21-10-8-15(9-11-21)22(14-6-7-14)18(23)17-12(2)16(13(3)20-17)19(24)25-4/h14-15,20H,5-11H2,1-4H3. The van der Waals surface area contributed by atoms with Gasteiger partial charge >= 0.3 is 5.97 Å². The third-order valence-electron chi connectivity index (χ3n) is 5.61. The number of aryl methyl sites for hydroxylation is 1. The molecule has 1 aliphatic carbocycles. The molecule has 3 rings (SSSR count). The van der Waals surface area contributed by atoms with Crippen LogP contribution in [0.25, 0.3) is 0 Å². The Hall–Kier alpha value is -1.82. The smallest absolute Gasteiger partial charge is 0.339 e. The summed E-state index contributed by atoms with van der Waals surface area (Å²) < 4.78 is 4.86. The summed E-state index contributed by atoms with van der Waals surface area (Å²) in [6, 6.07) is 0.655. The average molecular weight is 347 g/mol. The Balaban J connectivity index is 1.84. The van der Waals surface area contributed by atoms with Crippen LogP contribution in [0.5, 0.6) is 0 Å². The van der Waals surface area contributed by atoms with E-state index in [1.165, 1.54) is 7.11 Å². The molecule has 0 radical (unpaired) electrons. The molecule has 1 N–H and O–H groups in total. The van der Waals surface area contributed by atoms with E-state index in [0.717, 1.165) is 45.3 Å². The number of rotatable bonds is 5. The second-order valence-corrected chi connectivity index (χ2v) is 7.23. The first-order chi connectivity index (χ1) is 12.0. The van der Waals surface area contributed by atoms with Crippen LogP contribution in [-0.4, -0.2) is 65.5 Å². The van der Waals surface area contributed by atoms with Crippen LogP contribution in [0.4, 0.5) is 0 Å². The molecule has 25 heavy (non-hydrogen) atoms. The molecule has 1 aliphatic heterocycles. The van der Waals surface area contributed by atoms with Gasteiger partial charge in [-0.25, -0.2) is 4.79 Å². The van der Waals surface area contributed by atoms with Crippen LogP contribution in [-0.2, 0) is 4.74 Å². The number of nitrogens with one attached hydrogen (secondary N) is 1. The minimum absolute atomic E-state index is 0.0354. The SMILES string of the molecule is CCN1CCC(N(C(=O)c2[nH]c(C)c(C(=O)OC)c2C)C2CC2)CC1. The first-order valence-electron chi connectivity index (χ1n) is 9.30. The third-order valence-corrected chi connectivity index (χ3v) is 5.61. The van der Waals surface area contributed by atoms with Gasteiger partial charge in [-0.2, -0.15) is 0 Å². The number of carbonyl (C=O) groups excluding carboxylic acids is 2. The first kappa shape index (κ1) is 18.0. The highest BCUT2D eigenvalue weighted by molar-refractivity contribution is 6.00. The molecule has 6 nitrogen and oxygen atoms in total. The summed E-state index contributed by atoms with van der Waals surface area (Å²) in [6.07, 6.45) is 4.22. The van der Waals surface area contributed by atoms with Crippen molar-refractivity contribution in [1.82, 2.24) is 14.8 Å². The highest BCUT2D eigenvalue weighted by Gasteiger charge is 2.40. The maximum atomic E-state index is 13.3. The molecule has 6 heteroatoms. The third kappa shape index (κ3) is 3.45. The van der Waals surface area contributed by atoms with Gasteiger partial charge in [0.2, 0.25) is 0 Å². The number of hydrogen-bond acceptors (Lipinski definition) is 4. The number of aromatic nitrogens is 1. The Bertz CT molecular complexity index is 655. The van der Waals surface area contributed by atoms with Crippen molar-refractivity contribution in [3.8, 4) is 0 Å². The first-order valence-corrected chi connectivity index (χ1v) is 9.30. The highest BCUT2D eigenvalue weighted by Crippen LogP contribution is 2.34. The van der Waals surface area contributed by atoms with Gasteiger partial charge in [-0.3, -0.25) is 4.79 Å². The van der Waals surface area contributed by atoms with Crippen molar-refractivity contribution in [2.24, 2.45) is 0 Å². The monoisotopic (exact) mass is 347 g/mol. The van der Waals surface area contributed by atoms with Gasteiger partial charge in [-0.05, 0) is 51.6 Å². The largest absolute Gasteiger partial charge is 0.465 e. The molecule has 1 saturated heterocycles. The van der Waals surface area contributed by atoms with E-state index in [4.69, 9.17) is 4.74 Å². The van der Waals surface area contributed by atoms with E-state index in [9.17, 15) is 9.59 Å². The number of piperidine rings is 1. The van der Waals surface area contributed by atoms with E-state index >= 15 is 0 Å². The lowest BCUT2D eigenvalue weighted by molar-refractivity contribution is 0.0548. The fourth-order valence-electron chi connectivity index (χ4n) is 4.00. The van der Waals surface area contributed by atoms with Crippen LogP contribution in [0.3, 0.4) is 0 Å². The molecule has 0 atom stereocenters. The Morgan fingerprint density at radius 3 is 2.28 bits per heavy atom. The van der Waals surface area contributed by atoms with Crippen LogP contribution >= 0.6 is 0 Å². The molecule has 1 aromatic rings. The van der Waals surface area contributed by atoms with Gasteiger partial charge in [0.25, 0.3) is 5.91 Å². The second kappa shape index (κ2) is 7.20. The van der Waals surface area contributed by atoms with Crippen LogP contribution in [0, 0.1) is 13.8 Å². The zero-order chi connectivity index (χ0) is 18.1. The van der Waals surface area contributed by atoms with Crippen molar-refractivity contribution in [2.45, 2.75) is 58.5 Å². The minimum Gasteiger partial charge on any atom is -0.465 e. The summed E-state index contributed by atoms with van der Waals surface area (Å²) in [5.41, 5.74) is 2.43. The van der Waals surface area contributed by atoms with Crippen LogP contribution < -0.4 is 0 Å². The molecule has 1 aromatic heterocycles. The molecule has 1 saturated carbocycles. The number of aromatic amines is 1. The van der Waals surface area contributed by atoms with Gasteiger partial charge < -0.3 is 19.5 Å². The van der Waals surface area contributed by atoms with Gasteiger partial charge in [-0.1, -0.05) is 6.92 Å².